The van der Waals surface area contributed by atoms with E-state index < -0.39 is 10.8 Å². The number of methoxy groups -OCH3 is 1. The van der Waals surface area contributed by atoms with Gasteiger partial charge in [0, 0.05) is 29.2 Å². The Labute approximate surface area is 169 Å². The molecule has 2 aromatic rings. The summed E-state index contributed by atoms with van der Waals surface area (Å²) in [5.74, 6) is -0.801. The zero-order valence-electron chi connectivity index (χ0n) is 15.3. The molecule has 0 aliphatic carbocycles. The highest BCUT2D eigenvalue weighted by Gasteiger charge is 2.36. The van der Waals surface area contributed by atoms with E-state index in [0.717, 1.165) is 10.0 Å². The number of hydrogen-bond acceptors (Lipinski definition) is 5. The van der Waals surface area contributed by atoms with Crippen molar-refractivity contribution in [2.24, 2.45) is 5.92 Å². The smallest absolute Gasteiger partial charge is 0.273 e. The van der Waals surface area contributed by atoms with E-state index in [1.54, 1.807) is 6.07 Å². The molecule has 1 aliphatic rings. The molecule has 3 rings (SSSR count). The molecule has 0 aromatic heterocycles. The Hall–Kier alpha value is -2.94. The second kappa shape index (κ2) is 7.97. The van der Waals surface area contributed by atoms with Crippen molar-refractivity contribution in [2.75, 3.05) is 23.9 Å². The quantitative estimate of drug-likeness (QED) is 0.556. The van der Waals surface area contributed by atoms with Crippen LogP contribution in [0.5, 0.6) is 5.75 Å². The first kappa shape index (κ1) is 19.8. The molecule has 9 heteroatoms. The predicted molar refractivity (Wildman–Crippen MR) is 108 cm³/mol. The topological polar surface area (TPSA) is 102 Å². The molecule has 0 unspecified atom stereocenters. The minimum atomic E-state index is -0.533. The van der Waals surface area contributed by atoms with Crippen LogP contribution >= 0.6 is 15.9 Å². The van der Waals surface area contributed by atoms with Gasteiger partial charge in [-0.05, 0) is 36.8 Å². The van der Waals surface area contributed by atoms with Crippen LogP contribution in [-0.2, 0) is 9.59 Å². The maximum Gasteiger partial charge on any atom is 0.273 e. The number of nitro groups is 1. The summed E-state index contributed by atoms with van der Waals surface area (Å²) in [7, 11) is 1.38. The van der Waals surface area contributed by atoms with Gasteiger partial charge in [0.1, 0.15) is 5.75 Å². The van der Waals surface area contributed by atoms with Gasteiger partial charge in [0.05, 0.1) is 29.7 Å². The van der Waals surface area contributed by atoms with Gasteiger partial charge < -0.3 is 15.0 Å². The maximum absolute atomic E-state index is 12.6. The summed E-state index contributed by atoms with van der Waals surface area (Å²) >= 11 is 3.38. The van der Waals surface area contributed by atoms with Crippen LogP contribution in [-0.4, -0.2) is 30.4 Å². The number of rotatable bonds is 5. The number of nitro benzene ring substituents is 1. The summed E-state index contributed by atoms with van der Waals surface area (Å²) < 4.78 is 6.12. The SMILES string of the molecule is COc1cc([N+](=O)[O-])ccc1N1C[C@@H](C(=O)Nc2ccc(Br)cc2C)CC1=O. The molecule has 1 atom stereocenters. The van der Waals surface area contributed by atoms with Crippen LogP contribution in [0.4, 0.5) is 17.1 Å². The van der Waals surface area contributed by atoms with E-state index in [1.807, 2.05) is 19.1 Å². The molecule has 1 fully saturated rings. The highest BCUT2D eigenvalue weighted by Crippen LogP contribution is 2.36. The fourth-order valence-corrected chi connectivity index (χ4v) is 3.60. The molecule has 0 bridgehead atoms. The van der Waals surface area contributed by atoms with Crippen molar-refractivity contribution < 1.29 is 19.2 Å². The van der Waals surface area contributed by atoms with Crippen LogP contribution in [0.3, 0.4) is 0 Å². The second-order valence-corrected chi connectivity index (χ2v) is 7.38. The van der Waals surface area contributed by atoms with Crippen molar-refractivity contribution in [3.05, 3.63) is 56.5 Å². The van der Waals surface area contributed by atoms with Crippen LogP contribution in [0.25, 0.3) is 0 Å². The fourth-order valence-electron chi connectivity index (χ4n) is 3.12. The standard InChI is InChI=1S/C19H18BrN3O5/c1-11-7-13(20)3-5-15(11)21-19(25)12-8-18(24)22(10-12)16-6-4-14(23(26)27)9-17(16)28-2/h3-7,9,12H,8,10H2,1-2H3,(H,21,25)/t12-/m0/s1. The van der Waals surface area contributed by atoms with Gasteiger partial charge in [-0.3, -0.25) is 19.7 Å². The van der Waals surface area contributed by atoms with Crippen molar-refractivity contribution in [1.29, 1.82) is 0 Å². The van der Waals surface area contributed by atoms with Crippen molar-refractivity contribution >= 4 is 44.8 Å². The average Bonchev–Trinajstić information content (AvgIpc) is 3.05. The molecular weight excluding hydrogens is 430 g/mol. The van der Waals surface area contributed by atoms with Gasteiger partial charge in [-0.1, -0.05) is 15.9 Å². The van der Waals surface area contributed by atoms with Gasteiger partial charge in [0.15, 0.2) is 0 Å². The molecule has 1 heterocycles. The molecule has 1 aliphatic heterocycles. The van der Waals surface area contributed by atoms with E-state index in [2.05, 4.69) is 21.2 Å². The Kier molecular flexibility index (Phi) is 5.64. The Bertz CT molecular complexity index is 963. The first-order chi connectivity index (χ1) is 13.3. The highest BCUT2D eigenvalue weighted by molar-refractivity contribution is 9.10. The number of aryl methyl sites for hydroxylation is 1. The van der Waals surface area contributed by atoms with Crippen molar-refractivity contribution in [1.82, 2.24) is 0 Å². The highest BCUT2D eigenvalue weighted by atomic mass is 79.9. The molecule has 2 amide bonds. The van der Waals surface area contributed by atoms with E-state index in [9.17, 15) is 19.7 Å². The Morgan fingerprint density at radius 3 is 2.71 bits per heavy atom. The van der Waals surface area contributed by atoms with Gasteiger partial charge in [-0.25, -0.2) is 0 Å². The Morgan fingerprint density at radius 2 is 2.07 bits per heavy atom. The fraction of sp³-hybridized carbons (Fsp3) is 0.263. The van der Waals surface area contributed by atoms with Crippen LogP contribution in [0, 0.1) is 23.0 Å². The van der Waals surface area contributed by atoms with Crippen molar-refractivity contribution in [2.45, 2.75) is 13.3 Å². The third kappa shape index (κ3) is 3.99. The van der Waals surface area contributed by atoms with E-state index >= 15 is 0 Å². The molecule has 0 saturated carbocycles. The Morgan fingerprint density at radius 1 is 1.32 bits per heavy atom. The summed E-state index contributed by atoms with van der Waals surface area (Å²) in [5.41, 5.74) is 1.87. The zero-order valence-corrected chi connectivity index (χ0v) is 16.9. The molecule has 8 nitrogen and oxygen atoms in total. The number of carbonyl (C=O) groups is 2. The van der Waals surface area contributed by atoms with E-state index in [0.29, 0.717) is 11.4 Å². The van der Waals surface area contributed by atoms with Crippen LogP contribution < -0.4 is 15.0 Å². The number of hydrogen-bond donors (Lipinski definition) is 1. The number of nitrogens with zero attached hydrogens (tertiary/aromatic N) is 2. The van der Waals surface area contributed by atoms with Crippen molar-refractivity contribution in [3.8, 4) is 5.75 Å². The minimum Gasteiger partial charge on any atom is -0.494 e. The Balaban J connectivity index is 1.78. The number of carbonyl (C=O) groups excluding carboxylic acids is 2. The molecule has 2 aromatic carbocycles. The normalized spacial score (nSPS) is 16.2. The molecule has 0 spiro atoms. The lowest BCUT2D eigenvalue weighted by molar-refractivity contribution is -0.384. The molecule has 1 saturated heterocycles. The number of non-ortho nitro benzene ring substituents is 1. The third-order valence-electron chi connectivity index (χ3n) is 4.61. The third-order valence-corrected chi connectivity index (χ3v) is 5.10. The minimum absolute atomic E-state index is 0.0571. The number of halogens is 1. The molecule has 0 radical (unpaired) electrons. The summed E-state index contributed by atoms with van der Waals surface area (Å²) in [4.78, 5) is 37.0. The molecule has 28 heavy (non-hydrogen) atoms. The molecular formula is C19H18BrN3O5. The van der Waals surface area contributed by atoms with E-state index in [4.69, 9.17) is 4.74 Å². The van der Waals surface area contributed by atoms with E-state index in [-0.39, 0.29) is 36.2 Å². The number of ether oxygens (including phenoxy) is 1. The van der Waals surface area contributed by atoms with Crippen LogP contribution in [0.1, 0.15) is 12.0 Å². The molecule has 1 N–H and O–H groups in total. The van der Waals surface area contributed by atoms with Gasteiger partial charge in [-0.2, -0.15) is 0 Å². The summed E-state index contributed by atoms with van der Waals surface area (Å²) in [6, 6.07) is 9.56. The summed E-state index contributed by atoms with van der Waals surface area (Å²) in [6.07, 6.45) is 0.0571. The summed E-state index contributed by atoms with van der Waals surface area (Å²) in [6.45, 7) is 2.06. The monoisotopic (exact) mass is 447 g/mol. The van der Waals surface area contributed by atoms with Gasteiger partial charge in [0.25, 0.3) is 5.69 Å². The summed E-state index contributed by atoms with van der Waals surface area (Å²) in [5, 5.41) is 13.8. The number of nitrogens with one attached hydrogen (secondary N) is 1. The lowest BCUT2D eigenvalue weighted by Gasteiger charge is -2.19. The first-order valence-corrected chi connectivity index (χ1v) is 9.29. The van der Waals surface area contributed by atoms with E-state index in [1.165, 1.54) is 30.2 Å². The van der Waals surface area contributed by atoms with Crippen LogP contribution in [0.15, 0.2) is 40.9 Å². The average molecular weight is 448 g/mol. The number of benzene rings is 2. The number of anilines is 2. The largest absolute Gasteiger partial charge is 0.494 e. The lowest BCUT2D eigenvalue weighted by atomic mass is 10.1. The molecule has 146 valence electrons. The first-order valence-electron chi connectivity index (χ1n) is 8.50. The van der Waals surface area contributed by atoms with Crippen molar-refractivity contribution in [3.63, 3.8) is 0 Å². The zero-order chi connectivity index (χ0) is 20.4. The second-order valence-electron chi connectivity index (χ2n) is 6.47. The number of amides is 2. The van der Waals surface area contributed by atoms with Gasteiger partial charge in [0.2, 0.25) is 11.8 Å². The van der Waals surface area contributed by atoms with Gasteiger partial charge >= 0.3 is 0 Å². The lowest BCUT2D eigenvalue weighted by Crippen LogP contribution is -2.28. The van der Waals surface area contributed by atoms with Crippen LogP contribution in [0.2, 0.25) is 0 Å². The van der Waals surface area contributed by atoms with Gasteiger partial charge in [-0.15, -0.1) is 0 Å². The predicted octanol–water partition coefficient (Wildman–Crippen LogP) is 3.67. The maximum atomic E-state index is 12.6.